The maximum atomic E-state index is 6.32. The Kier molecular flexibility index (Phi) is 6.07. The van der Waals surface area contributed by atoms with E-state index in [9.17, 15) is 0 Å². The van der Waals surface area contributed by atoms with Crippen LogP contribution in [0.4, 0.5) is 5.82 Å². The van der Waals surface area contributed by atoms with E-state index in [0.29, 0.717) is 22.0 Å². The lowest BCUT2D eigenvalue weighted by molar-refractivity contribution is 0.161. The third kappa shape index (κ3) is 3.87. The molecular formula is C21H26Cl2N4S. The summed E-state index contributed by atoms with van der Waals surface area (Å²) < 4.78 is 0. The summed E-state index contributed by atoms with van der Waals surface area (Å²) in [5, 5.41) is 1.86. The normalized spacial score (nSPS) is 21.4. The maximum Gasteiger partial charge on any atom is 0.147 e. The first-order valence-corrected chi connectivity index (χ1v) is 11.5. The number of halogens is 2. The molecule has 2 fully saturated rings. The SMILES string of the molecule is C[C@@H]1CCCC12CCN(c1cnc(Sc3cccc(Cl)c3Cl)c(CN)n1)CC2. The van der Waals surface area contributed by atoms with Gasteiger partial charge in [-0.3, -0.25) is 0 Å². The van der Waals surface area contributed by atoms with E-state index in [0.717, 1.165) is 40.4 Å². The first kappa shape index (κ1) is 20.3. The number of hydrogen-bond acceptors (Lipinski definition) is 5. The average Bonchev–Trinajstić information content (AvgIpc) is 3.06. The number of rotatable bonds is 4. The van der Waals surface area contributed by atoms with Crippen LogP contribution < -0.4 is 10.6 Å². The van der Waals surface area contributed by atoms with E-state index < -0.39 is 0 Å². The second kappa shape index (κ2) is 8.39. The predicted octanol–water partition coefficient (Wildman–Crippen LogP) is 5.80. The van der Waals surface area contributed by atoms with Gasteiger partial charge in [-0.25, -0.2) is 9.97 Å². The highest BCUT2D eigenvalue weighted by Crippen LogP contribution is 2.50. The molecule has 150 valence electrons. The van der Waals surface area contributed by atoms with Crippen molar-refractivity contribution < 1.29 is 0 Å². The fraction of sp³-hybridized carbons (Fsp3) is 0.524. The Morgan fingerprint density at radius 1 is 1.25 bits per heavy atom. The highest BCUT2D eigenvalue weighted by molar-refractivity contribution is 7.99. The van der Waals surface area contributed by atoms with E-state index >= 15 is 0 Å². The van der Waals surface area contributed by atoms with Crippen molar-refractivity contribution in [2.75, 3.05) is 18.0 Å². The van der Waals surface area contributed by atoms with Gasteiger partial charge in [0.15, 0.2) is 0 Å². The minimum absolute atomic E-state index is 0.343. The zero-order valence-corrected chi connectivity index (χ0v) is 18.5. The molecule has 0 bridgehead atoms. The monoisotopic (exact) mass is 436 g/mol. The number of hydrogen-bond donors (Lipinski definition) is 1. The molecule has 28 heavy (non-hydrogen) atoms. The third-order valence-corrected chi connectivity index (χ3v) is 8.58. The quantitative estimate of drug-likeness (QED) is 0.655. The van der Waals surface area contributed by atoms with Gasteiger partial charge in [0.2, 0.25) is 0 Å². The summed E-state index contributed by atoms with van der Waals surface area (Å²) in [6.07, 6.45) is 8.53. The van der Waals surface area contributed by atoms with Crippen molar-refractivity contribution in [2.45, 2.75) is 55.5 Å². The summed E-state index contributed by atoms with van der Waals surface area (Å²) in [7, 11) is 0. The van der Waals surface area contributed by atoms with Gasteiger partial charge in [0, 0.05) is 24.5 Å². The number of piperidine rings is 1. The van der Waals surface area contributed by atoms with Gasteiger partial charge in [-0.1, -0.05) is 60.8 Å². The standard InChI is InChI=1S/C21H26Cl2N4S/c1-14-4-3-7-21(14)8-10-27(11-9-21)18-13-25-20(16(12-24)26-18)28-17-6-2-5-15(22)19(17)23/h2,5-6,13-14H,3-4,7-12,24H2,1H3/t14-/m1/s1. The largest absolute Gasteiger partial charge is 0.355 e. The minimum atomic E-state index is 0.343. The van der Waals surface area contributed by atoms with Crippen molar-refractivity contribution in [2.24, 2.45) is 17.1 Å². The van der Waals surface area contributed by atoms with Crippen molar-refractivity contribution in [3.63, 3.8) is 0 Å². The van der Waals surface area contributed by atoms with Crippen LogP contribution in [0, 0.1) is 11.3 Å². The summed E-state index contributed by atoms with van der Waals surface area (Å²) in [4.78, 5) is 12.7. The Morgan fingerprint density at radius 2 is 2.04 bits per heavy atom. The zero-order valence-electron chi connectivity index (χ0n) is 16.1. The average molecular weight is 437 g/mol. The van der Waals surface area contributed by atoms with Gasteiger partial charge < -0.3 is 10.6 Å². The molecule has 0 radical (unpaired) electrons. The van der Waals surface area contributed by atoms with Crippen LogP contribution in [0.3, 0.4) is 0 Å². The second-order valence-electron chi connectivity index (χ2n) is 7.98. The molecule has 1 spiro atoms. The highest BCUT2D eigenvalue weighted by Gasteiger charge is 2.42. The molecule has 2 heterocycles. The zero-order chi connectivity index (χ0) is 19.7. The molecule has 4 rings (SSSR count). The molecule has 7 heteroatoms. The van der Waals surface area contributed by atoms with E-state index in [2.05, 4.69) is 16.8 Å². The Balaban J connectivity index is 1.50. The van der Waals surface area contributed by atoms with Crippen LogP contribution in [0.15, 0.2) is 34.3 Å². The molecule has 1 saturated heterocycles. The number of aromatic nitrogens is 2. The molecule has 1 atom stereocenters. The molecule has 1 aliphatic heterocycles. The van der Waals surface area contributed by atoms with E-state index in [1.54, 1.807) is 6.07 Å². The first-order chi connectivity index (χ1) is 13.5. The van der Waals surface area contributed by atoms with E-state index in [1.165, 1.54) is 43.9 Å². The van der Waals surface area contributed by atoms with Crippen LogP contribution in [-0.2, 0) is 6.54 Å². The maximum absolute atomic E-state index is 6.32. The van der Waals surface area contributed by atoms with Crippen LogP contribution in [0.2, 0.25) is 10.0 Å². The van der Waals surface area contributed by atoms with Crippen molar-refractivity contribution >= 4 is 40.8 Å². The second-order valence-corrected chi connectivity index (χ2v) is 9.80. The Bertz CT molecular complexity index is 852. The third-order valence-electron chi connectivity index (χ3n) is 6.55. The van der Waals surface area contributed by atoms with Crippen molar-refractivity contribution in [1.82, 2.24) is 9.97 Å². The molecule has 0 unspecified atom stereocenters. The van der Waals surface area contributed by atoms with Gasteiger partial charge in [0.25, 0.3) is 0 Å². The molecule has 1 aliphatic carbocycles. The van der Waals surface area contributed by atoms with Gasteiger partial charge in [-0.15, -0.1) is 0 Å². The molecule has 1 aromatic heterocycles. The lowest BCUT2D eigenvalue weighted by Gasteiger charge is -2.42. The molecular weight excluding hydrogens is 411 g/mol. The number of nitrogens with zero attached hydrogens (tertiary/aromatic N) is 3. The number of benzene rings is 1. The smallest absolute Gasteiger partial charge is 0.147 e. The van der Waals surface area contributed by atoms with Gasteiger partial charge in [-0.2, -0.15) is 0 Å². The minimum Gasteiger partial charge on any atom is -0.355 e. The molecule has 1 saturated carbocycles. The predicted molar refractivity (Wildman–Crippen MR) is 117 cm³/mol. The molecule has 2 aromatic rings. The van der Waals surface area contributed by atoms with Crippen LogP contribution in [-0.4, -0.2) is 23.1 Å². The summed E-state index contributed by atoms with van der Waals surface area (Å²) in [6.45, 7) is 4.88. The van der Waals surface area contributed by atoms with Crippen LogP contribution in [0.5, 0.6) is 0 Å². The van der Waals surface area contributed by atoms with E-state index in [-0.39, 0.29) is 0 Å². The van der Waals surface area contributed by atoms with E-state index in [4.69, 9.17) is 33.9 Å². The molecule has 0 amide bonds. The van der Waals surface area contributed by atoms with E-state index in [1.807, 2.05) is 18.3 Å². The molecule has 1 aromatic carbocycles. The Hall–Kier alpha value is -1.01. The molecule has 2 aliphatic rings. The molecule has 4 nitrogen and oxygen atoms in total. The number of nitrogens with two attached hydrogens (primary N) is 1. The van der Waals surface area contributed by atoms with Crippen molar-refractivity contribution in [3.05, 3.63) is 40.1 Å². The summed E-state index contributed by atoms with van der Waals surface area (Å²) in [6, 6.07) is 5.59. The van der Waals surface area contributed by atoms with Gasteiger partial charge >= 0.3 is 0 Å². The van der Waals surface area contributed by atoms with Crippen LogP contribution >= 0.6 is 35.0 Å². The molecule has 2 N–H and O–H groups in total. The van der Waals surface area contributed by atoms with Gasteiger partial charge in [0.05, 0.1) is 21.9 Å². The lowest BCUT2D eigenvalue weighted by atomic mass is 9.71. The summed E-state index contributed by atoms with van der Waals surface area (Å²) >= 11 is 13.9. The number of anilines is 1. The van der Waals surface area contributed by atoms with Crippen molar-refractivity contribution in [3.8, 4) is 0 Å². The highest BCUT2D eigenvalue weighted by atomic mass is 35.5. The van der Waals surface area contributed by atoms with Crippen LogP contribution in [0.1, 0.15) is 44.7 Å². The summed E-state index contributed by atoms with van der Waals surface area (Å²) in [5.74, 6) is 1.78. The van der Waals surface area contributed by atoms with Gasteiger partial charge in [0.1, 0.15) is 10.8 Å². The lowest BCUT2D eigenvalue weighted by Crippen LogP contribution is -2.41. The Labute approximate surface area is 181 Å². The Morgan fingerprint density at radius 3 is 2.71 bits per heavy atom. The van der Waals surface area contributed by atoms with Gasteiger partial charge in [-0.05, 0) is 42.7 Å². The fourth-order valence-electron chi connectivity index (χ4n) is 4.68. The summed E-state index contributed by atoms with van der Waals surface area (Å²) in [5.41, 5.74) is 7.34. The van der Waals surface area contributed by atoms with Crippen LogP contribution in [0.25, 0.3) is 0 Å². The first-order valence-electron chi connectivity index (χ1n) is 9.95. The fourth-order valence-corrected chi connectivity index (χ4v) is 6.06. The topological polar surface area (TPSA) is 55.0 Å². The van der Waals surface area contributed by atoms with Crippen molar-refractivity contribution in [1.29, 1.82) is 0 Å².